The van der Waals surface area contributed by atoms with Crippen molar-refractivity contribution in [2.75, 3.05) is 24.7 Å². The molecule has 4 aromatic rings. The molecule has 9 nitrogen and oxygen atoms in total. The van der Waals surface area contributed by atoms with E-state index in [1.807, 2.05) is 22.7 Å². The minimum atomic E-state index is -0.307. The number of nitrogen functional groups attached to an aromatic ring is 1. The third kappa shape index (κ3) is 3.52. The van der Waals surface area contributed by atoms with Crippen LogP contribution in [0.4, 0.5) is 11.6 Å². The largest absolute Gasteiger partial charge is 0.496 e. The Morgan fingerprint density at radius 1 is 1.25 bits per heavy atom. The van der Waals surface area contributed by atoms with Crippen LogP contribution in [0.2, 0.25) is 0 Å². The third-order valence-corrected chi connectivity index (χ3v) is 5.61. The summed E-state index contributed by atoms with van der Waals surface area (Å²) in [5, 5.41) is 6.28. The van der Waals surface area contributed by atoms with Gasteiger partial charge in [-0.1, -0.05) is 12.1 Å². The number of methoxy groups -OCH3 is 1. The maximum Gasteiger partial charge on any atom is 0.260 e. The van der Waals surface area contributed by atoms with Crippen LogP contribution < -0.4 is 21.1 Å². The zero-order valence-electron chi connectivity index (χ0n) is 17.6. The number of pyridine rings is 1. The van der Waals surface area contributed by atoms with E-state index < -0.39 is 0 Å². The summed E-state index contributed by atoms with van der Waals surface area (Å²) < 4.78 is 7.54. The monoisotopic (exact) mass is 429 g/mol. The van der Waals surface area contributed by atoms with Gasteiger partial charge in [-0.3, -0.25) is 9.20 Å². The first-order valence-corrected chi connectivity index (χ1v) is 10.4. The van der Waals surface area contributed by atoms with Crippen LogP contribution in [0.25, 0.3) is 16.8 Å². The first-order valence-electron chi connectivity index (χ1n) is 10.4. The Balaban J connectivity index is 1.56. The van der Waals surface area contributed by atoms with Gasteiger partial charge in [0.15, 0.2) is 0 Å². The molecule has 1 atom stereocenters. The van der Waals surface area contributed by atoms with Gasteiger partial charge in [0.2, 0.25) is 0 Å². The van der Waals surface area contributed by atoms with Crippen LogP contribution in [0.5, 0.6) is 5.75 Å². The van der Waals surface area contributed by atoms with Crippen LogP contribution in [-0.2, 0) is 0 Å². The van der Waals surface area contributed by atoms with Gasteiger partial charge in [0.05, 0.1) is 18.7 Å². The van der Waals surface area contributed by atoms with Crippen molar-refractivity contribution in [3.05, 3.63) is 66.4 Å². The van der Waals surface area contributed by atoms with Gasteiger partial charge < -0.3 is 21.1 Å². The van der Waals surface area contributed by atoms with Crippen molar-refractivity contribution in [1.29, 1.82) is 0 Å². The van der Waals surface area contributed by atoms with E-state index >= 15 is 0 Å². The molecule has 1 aromatic carbocycles. The molecular formula is C23H23N7O2. The molecule has 0 radical (unpaired) electrons. The molecule has 1 saturated heterocycles. The van der Waals surface area contributed by atoms with Gasteiger partial charge in [-0.15, -0.1) is 0 Å². The second-order valence-corrected chi connectivity index (χ2v) is 7.58. The molecule has 0 spiro atoms. The van der Waals surface area contributed by atoms with Gasteiger partial charge in [0.1, 0.15) is 34.4 Å². The molecule has 0 unspecified atom stereocenters. The zero-order valence-corrected chi connectivity index (χ0v) is 17.6. The minimum Gasteiger partial charge on any atom is -0.496 e. The summed E-state index contributed by atoms with van der Waals surface area (Å²) in [7, 11) is 1.53. The first-order chi connectivity index (χ1) is 15.7. The number of nitrogens with one attached hydrogen (secondary N) is 2. The van der Waals surface area contributed by atoms with Crippen LogP contribution in [-0.4, -0.2) is 38.9 Å². The molecule has 162 valence electrons. The van der Waals surface area contributed by atoms with Crippen molar-refractivity contribution in [1.82, 2.24) is 24.7 Å². The Kier molecular flexibility index (Phi) is 5.16. The van der Waals surface area contributed by atoms with Crippen LogP contribution in [0.1, 0.15) is 35.1 Å². The number of amides is 1. The summed E-state index contributed by atoms with van der Waals surface area (Å²) in [6.07, 6.45) is 7.29. The molecule has 3 aromatic heterocycles. The van der Waals surface area contributed by atoms with E-state index in [2.05, 4.69) is 20.6 Å². The lowest BCUT2D eigenvalue weighted by atomic mass is 10.1. The lowest BCUT2D eigenvalue weighted by Gasteiger charge is -2.10. The highest BCUT2D eigenvalue weighted by atomic mass is 16.5. The van der Waals surface area contributed by atoms with Gasteiger partial charge >= 0.3 is 0 Å². The van der Waals surface area contributed by atoms with Crippen LogP contribution in [0.15, 0.2) is 55.0 Å². The van der Waals surface area contributed by atoms with Crippen molar-refractivity contribution in [2.24, 2.45) is 0 Å². The number of nitrogens with two attached hydrogens (primary N) is 1. The molecule has 1 aliphatic rings. The van der Waals surface area contributed by atoms with E-state index in [4.69, 9.17) is 15.5 Å². The van der Waals surface area contributed by atoms with Gasteiger partial charge in [0.25, 0.3) is 5.91 Å². The van der Waals surface area contributed by atoms with Crippen molar-refractivity contribution < 1.29 is 9.53 Å². The summed E-state index contributed by atoms with van der Waals surface area (Å²) in [5.41, 5.74) is 8.88. The predicted molar refractivity (Wildman–Crippen MR) is 122 cm³/mol. The second kappa shape index (κ2) is 8.27. The number of carbonyl (C=O) groups excluding carboxylic acids is 1. The summed E-state index contributed by atoms with van der Waals surface area (Å²) >= 11 is 0. The molecule has 4 heterocycles. The molecule has 0 saturated carbocycles. The lowest BCUT2D eigenvalue weighted by Crippen LogP contribution is -2.16. The highest BCUT2D eigenvalue weighted by Crippen LogP contribution is 2.34. The zero-order chi connectivity index (χ0) is 22.1. The van der Waals surface area contributed by atoms with E-state index in [9.17, 15) is 4.79 Å². The molecule has 0 bridgehead atoms. The molecule has 1 aliphatic heterocycles. The summed E-state index contributed by atoms with van der Waals surface area (Å²) in [6.45, 7) is 0.962. The lowest BCUT2D eigenvalue weighted by molar-refractivity contribution is 0.102. The highest BCUT2D eigenvalue weighted by Gasteiger charge is 2.25. The van der Waals surface area contributed by atoms with Gasteiger partial charge in [-0.25, -0.2) is 15.0 Å². The SMILES string of the molecule is COc1cc(-c2nc([C@@H]3CCCN3)n3ccnc(N)c23)ccc1C(=O)Nc1ccccn1. The molecule has 9 heteroatoms. The van der Waals surface area contributed by atoms with E-state index in [1.54, 1.807) is 36.7 Å². The molecule has 5 rings (SSSR count). The van der Waals surface area contributed by atoms with Crippen LogP contribution in [0, 0.1) is 0 Å². The number of hydrogen-bond acceptors (Lipinski definition) is 7. The first kappa shape index (κ1) is 20.0. The number of benzene rings is 1. The van der Waals surface area contributed by atoms with Gasteiger partial charge in [-0.05, 0) is 43.7 Å². The van der Waals surface area contributed by atoms with Crippen molar-refractivity contribution in [2.45, 2.75) is 18.9 Å². The van der Waals surface area contributed by atoms with Crippen LogP contribution in [0.3, 0.4) is 0 Å². The third-order valence-electron chi connectivity index (χ3n) is 5.61. The number of ether oxygens (including phenoxy) is 1. The summed E-state index contributed by atoms with van der Waals surface area (Å²) in [4.78, 5) is 26.1. The van der Waals surface area contributed by atoms with Gasteiger partial charge in [-0.2, -0.15) is 0 Å². The Morgan fingerprint density at radius 2 is 2.16 bits per heavy atom. The highest BCUT2D eigenvalue weighted by molar-refractivity contribution is 6.06. The number of rotatable bonds is 5. The number of nitrogens with zero attached hydrogens (tertiary/aromatic N) is 4. The Labute approximate surface area is 184 Å². The quantitative estimate of drug-likeness (QED) is 0.446. The van der Waals surface area contributed by atoms with E-state index in [0.717, 1.165) is 36.3 Å². The summed E-state index contributed by atoms with van der Waals surface area (Å²) in [5.74, 6) is 1.89. The molecule has 32 heavy (non-hydrogen) atoms. The van der Waals surface area contributed by atoms with Gasteiger partial charge in [0, 0.05) is 24.2 Å². The Bertz CT molecular complexity index is 1280. The average molecular weight is 429 g/mol. The fourth-order valence-corrected chi connectivity index (χ4v) is 4.09. The maximum atomic E-state index is 12.8. The number of carbonyl (C=O) groups is 1. The fraction of sp³-hybridized carbons (Fsp3) is 0.217. The predicted octanol–water partition coefficient (Wildman–Crippen LogP) is 3.06. The van der Waals surface area contributed by atoms with E-state index in [0.29, 0.717) is 28.6 Å². The minimum absolute atomic E-state index is 0.156. The fourth-order valence-electron chi connectivity index (χ4n) is 4.09. The van der Waals surface area contributed by atoms with Crippen LogP contribution >= 0.6 is 0 Å². The van der Waals surface area contributed by atoms with Crippen molar-refractivity contribution >= 4 is 23.1 Å². The number of hydrogen-bond donors (Lipinski definition) is 3. The normalized spacial score (nSPS) is 15.7. The molecule has 1 amide bonds. The van der Waals surface area contributed by atoms with E-state index in [-0.39, 0.29) is 11.9 Å². The van der Waals surface area contributed by atoms with Crippen molar-refractivity contribution in [3.63, 3.8) is 0 Å². The molecule has 0 aliphatic carbocycles. The average Bonchev–Trinajstić information content (AvgIpc) is 3.48. The number of fused-ring (bicyclic) bond motifs is 1. The van der Waals surface area contributed by atoms with Crippen molar-refractivity contribution in [3.8, 4) is 17.0 Å². The topological polar surface area (TPSA) is 119 Å². The molecule has 1 fully saturated rings. The standard InChI is InChI=1S/C23H23N7O2/c1-32-17-13-14(7-8-15(17)23(31)28-18-6-2-3-9-26-18)19-20-21(24)27-11-12-30(20)22(29-19)16-5-4-10-25-16/h2-3,6-9,11-13,16,25H,4-5,10H2,1H3,(H2,24,27)(H,26,28,31)/t16-/m0/s1. The number of anilines is 2. The number of aromatic nitrogens is 4. The summed E-state index contributed by atoms with van der Waals surface area (Å²) in [6, 6.07) is 10.8. The second-order valence-electron chi connectivity index (χ2n) is 7.58. The van der Waals surface area contributed by atoms with E-state index in [1.165, 1.54) is 7.11 Å². The smallest absolute Gasteiger partial charge is 0.260 e. The Hall–Kier alpha value is -3.98. The molecular weight excluding hydrogens is 406 g/mol. The number of imidazole rings is 1. The maximum absolute atomic E-state index is 12.8. The Morgan fingerprint density at radius 3 is 2.91 bits per heavy atom. The molecule has 4 N–H and O–H groups in total.